The Morgan fingerprint density at radius 3 is 3.06 bits per heavy atom. The molecule has 4 nitrogen and oxygen atoms in total. The number of anilines is 2. The van der Waals surface area contributed by atoms with Crippen LogP contribution in [-0.2, 0) is 0 Å². The molecule has 0 aliphatic heterocycles. The lowest BCUT2D eigenvalue weighted by molar-refractivity contribution is 0.104. The molecule has 100 valence electrons. The summed E-state index contributed by atoms with van der Waals surface area (Å²) < 4.78 is 0.929. The number of rotatable bonds is 3. The van der Waals surface area contributed by atoms with E-state index in [1.807, 2.05) is 6.92 Å². The second-order valence-corrected chi connectivity index (χ2v) is 5.86. The Balaban J connectivity index is 1.96. The molecule has 1 aromatic rings. The van der Waals surface area contributed by atoms with Crippen LogP contribution in [0.4, 0.5) is 11.5 Å². The third kappa shape index (κ3) is 3.14. The minimum absolute atomic E-state index is 0.130. The van der Waals surface area contributed by atoms with Crippen molar-refractivity contribution in [2.45, 2.75) is 38.7 Å². The number of hydrogen-bond acceptors (Lipinski definition) is 4. The fourth-order valence-electron chi connectivity index (χ4n) is 2.40. The number of hydrogen-bond donors (Lipinski definition) is 3. The second kappa shape index (κ2) is 5.89. The summed E-state index contributed by atoms with van der Waals surface area (Å²) in [6, 6.07) is 0. The molecular formula is C13H20BrN3O. The second-order valence-electron chi connectivity index (χ2n) is 5.07. The highest BCUT2D eigenvalue weighted by Crippen LogP contribution is 2.29. The van der Waals surface area contributed by atoms with E-state index in [0.29, 0.717) is 11.6 Å². The van der Waals surface area contributed by atoms with Crippen molar-refractivity contribution in [3.05, 3.63) is 16.2 Å². The number of nitrogens with two attached hydrogens (primary N) is 1. The number of pyridine rings is 1. The highest BCUT2D eigenvalue weighted by molar-refractivity contribution is 9.10. The lowest BCUT2D eigenvalue weighted by atomic mass is 9.87. The van der Waals surface area contributed by atoms with E-state index in [-0.39, 0.29) is 6.10 Å². The largest absolute Gasteiger partial charge is 0.397 e. The topological polar surface area (TPSA) is 71.2 Å². The fourth-order valence-corrected chi connectivity index (χ4v) is 2.88. The summed E-state index contributed by atoms with van der Waals surface area (Å²) in [5.41, 5.74) is 7.50. The van der Waals surface area contributed by atoms with Gasteiger partial charge in [0.1, 0.15) is 5.82 Å². The van der Waals surface area contributed by atoms with Crippen LogP contribution in [0.15, 0.2) is 10.7 Å². The molecule has 0 saturated heterocycles. The van der Waals surface area contributed by atoms with E-state index in [0.717, 1.165) is 41.7 Å². The van der Waals surface area contributed by atoms with Gasteiger partial charge in [-0.1, -0.05) is 6.42 Å². The van der Waals surface area contributed by atoms with Crippen molar-refractivity contribution in [1.29, 1.82) is 0 Å². The van der Waals surface area contributed by atoms with Crippen molar-refractivity contribution >= 4 is 27.4 Å². The highest BCUT2D eigenvalue weighted by atomic mass is 79.9. The molecule has 0 radical (unpaired) electrons. The zero-order chi connectivity index (χ0) is 13.1. The SMILES string of the molecule is Cc1c(N)cnc(NCC2CCCC(O)C2)c1Br. The molecule has 0 bridgehead atoms. The molecule has 1 aromatic heterocycles. The van der Waals surface area contributed by atoms with E-state index >= 15 is 0 Å². The first-order chi connectivity index (χ1) is 8.58. The van der Waals surface area contributed by atoms with Crippen LogP contribution in [0, 0.1) is 12.8 Å². The number of aromatic nitrogens is 1. The van der Waals surface area contributed by atoms with Gasteiger partial charge < -0.3 is 16.2 Å². The Morgan fingerprint density at radius 2 is 2.33 bits per heavy atom. The van der Waals surface area contributed by atoms with Crippen LogP contribution in [0.5, 0.6) is 0 Å². The van der Waals surface area contributed by atoms with Gasteiger partial charge in [0.05, 0.1) is 22.5 Å². The molecule has 2 unspecified atom stereocenters. The Bertz CT molecular complexity index is 425. The van der Waals surface area contributed by atoms with Gasteiger partial charge in [-0.25, -0.2) is 4.98 Å². The Labute approximate surface area is 116 Å². The number of nitrogens with zero attached hydrogens (tertiary/aromatic N) is 1. The molecule has 2 rings (SSSR count). The van der Waals surface area contributed by atoms with E-state index < -0.39 is 0 Å². The molecule has 0 amide bonds. The Kier molecular flexibility index (Phi) is 4.45. The minimum atomic E-state index is -0.130. The van der Waals surface area contributed by atoms with Crippen LogP contribution in [0.1, 0.15) is 31.2 Å². The van der Waals surface area contributed by atoms with Gasteiger partial charge in [0.15, 0.2) is 0 Å². The number of aliphatic hydroxyl groups excluding tert-OH is 1. The van der Waals surface area contributed by atoms with E-state index in [1.54, 1.807) is 6.20 Å². The fraction of sp³-hybridized carbons (Fsp3) is 0.615. The summed E-state index contributed by atoms with van der Waals surface area (Å²) in [6.45, 7) is 2.82. The zero-order valence-corrected chi connectivity index (χ0v) is 12.2. The first-order valence-corrected chi connectivity index (χ1v) is 7.19. The Hall–Kier alpha value is -0.810. The van der Waals surface area contributed by atoms with Crippen molar-refractivity contribution in [3.8, 4) is 0 Å². The predicted molar refractivity (Wildman–Crippen MR) is 77.5 cm³/mol. The van der Waals surface area contributed by atoms with Crippen molar-refractivity contribution in [1.82, 2.24) is 4.98 Å². The molecule has 2 atom stereocenters. The third-order valence-corrected chi connectivity index (χ3v) is 4.59. The summed E-state index contributed by atoms with van der Waals surface area (Å²) in [6.07, 6.45) is 5.67. The Morgan fingerprint density at radius 1 is 1.56 bits per heavy atom. The van der Waals surface area contributed by atoms with Gasteiger partial charge in [0, 0.05) is 6.54 Å². The van der Waals surface area contributed by atoms with Gasteiger partial charge in [-0.05, 0) is 53.6 Å². The molecule has 18 heavy (non-hydrogen) atoms. The number of nitrogen functional groups attached to an aromatic ring is 1. The van der Waals surface area contributed by atoms with E-state index in [1.165, 1.54) is 6.42 Å². The highest BCUT2D eigenvalue weighted by Gasteiger charge is 2.20. The van der Waals surface area contributed by atoms with Gasteiger partial charge in [-0.2, -0.15) is 0 Å². The molecule has 0 spiro atoms. The summed E-state index contributed by atoms with van der Waals surface area (Å²) in [4.78, 5) is 4.30. The standard InChI is InChI=1S/C13H20BrN3O/c1-8-11(15)7-17-13(12(8)14)16-6-9-3-2-4-10(18)5-9/h7,9-10,18H,2-6,15H2,1H3,(H,16,17). The summed E-state index contributed by atoms with van der Waals surface area (Å²) in [7, 11) is 0. The maximum Gasteiger partial charge on any atom is 0.140 e. The third-order valence-electron chi connectivity index (χ3n) is 3.62. The molecule has 1 aliphatic rings. The number of nitrogens with one attached hydrogen (secondary N) is 1. The quantitative estimate of drug-likeness (QED) is 0.802. The zero-order valence-electron chi connectivity index (χ0n) is 10.6. The van der Waals surface area contributed by atoms with Crippen LogP contribution < -0.4 is 11.1 Å². The van der Waals surface area contributed by atoms with Crippen LogP contribution >= 0.6 is 15.9 Å². The molecule has 1 aliphatic carbocycles. The van der Waals surface area contributed by atoms with Crippen molar-refractivity contribution in [2.24, 2.45) is 5.92 Å². The lowest BCUT2D eigenvalue weighted by Gasteiger charge is -2.26. The number of halogens is 1. The minimum Gasteiger partial charge on any atom is -0.397 e. The van der Waals surface area contributed by atoms with Crippen LogP contribution in [0.25, 0.3) is 0 Å². The molecular weight excluding hydrogens is 294 g/mol. The number of aliphatic hydroxyl groups is 1. The summed E-state index contributed by atoms with van der Waals surface area (Å²) in [5.74, 6) is 1.36. The van der Waals surface area contributed by atoms with Gasteiger partial charge in [-0.15, -0.1) is 0 Å². The smallest absolute Gasteiger partial charge is 0.140 e. The average Bonchev–Trinajstić information content (AvgIpc) is 2.35. The van der Waals surface area contributed by atoms with E-state index in [2.05, 4.69) is 26.2 Å². The predicted octanol–water partition coefficient (Wildman–Crippen LogP) is 2.70. The summed E-state index contributed by atoms with van der Waals surface area (Å²) in [5, 5.41) is 13.0. The van der Waals surface area contributed by atoms with Crippen molar-refractivity contribution < 1.29 is 5.11 Å². The summed E-state index contributed by atoms with van der Waals surface area (Å²) >= 11 is 3.51. The monoisotopic (exact) mass is 313 g/mol. The maximum atomic E-state index is 9.64. The molecule has 4 N–H and O–H groups in total. The molecule has 5 heteroatoms. The van der Waals surface area contributed by atoms with Crippen molar-refractivity contribution in [2.75, 3.05) is 17.6 Å². The average molecular weight is 314 g/mol. The van der Waals surface area contributed by atoms with Crippen LogP contribution in [-0.4, -0.2) is 22.7 Å². The van der Waals surface area contributed by atoms with E-state index in [9.17, 15) is 5.11 Å². The van der Waals surface area contributed by atoms with Gasteiger partial charge in [0.25, 0.3) is 0 Å². The first kappa shape index (κ1) is 13.6. The molecule has 1 heterocycles. The van der Waals surface area contributed by atoms with Crippen molar-refractivity contribution in [3.63, 3.8) is 0 Å². The van der Waals surface area contributed by atoms with Gasteiger partial charge in [0.2, 0.25) is 0 Å². The molecule has 1 saturated carbocycles. The van der Waals surface area contributed by atoms with Gasteiger partial charge >= 0.3 is 0 Å². The first-order valence-electron chi connectivity index (χ1n) is 6.40. The van der Waals surface area contributed by atoms with Gasteiger partial charge in [-0.3, -0.25) is 0 Å². The van der Waals surface area contributed by atoms with Crippen LogP contribution in [0.2, 0.25) is 0 Å². The maximum absolute atomic E-state index is 9.64. The molecule has 0 aromatic carbocycles. The molecule has 1 fully saturated rings. The lowest BCUT2D eigenvalue weighted by Crippen LogP contribution is -2.25. The van der Waals surface area contributed by atoms with Crippen LogP contribution in [0.3, 0.4) is 0 Å². The normalized spacial score (nSPS) is 23.9. The van der Waals surface area contributed by atoms with E-state index in [4.69, 9.17) is 5.73 Å².